The number of rotatable bonds is 26. The van der Waals surface area contributed by atoms with Gasteiger partial charge in [-0.05, 0) is 110 Å². The van der Waals surface area contributed by atoms with Gasteiger partial charge in [-0.2, -0.15) is 0 Å². The van der Waals surface area contributed by atoms with Crippen LogP contribution in [0.3, 0.4) is 0 Å². The summed E-state index contributed by atoms with van der Waals surface area (Å²) < 4.78 is 40.8. The minimum absolute atomic E-state index is 0.0789. The molecule has 6 rings (SSSR count). The maximum absolute atomic E-state index is 14.1. The SMILES string of the molecule is O=P([O-])(O)Oc1cc(C(O)CNCCCCCCOCCCCc2ccccc2)ccc1C[n+]1ccc(-c2c(-c3ccc(F)cc3)nc(C#CCCO)n2CCCc2ccccc2)cc1. The Labute approximate surface area is 382 Å². The Morgan fingerprint density at radius 1 is 0.815 bits per heavy atom. The number of nitrogens with zero attached hydrogens (tertiary/aromatic N) is 3. The summed E-state index contributed by atoms with van der Waals surface area (Å²) in [5.41, 5.74) is 6.43. The maximum Gasteiger partial charge on any atom is 0.317 e. The molecule has 0 aliphatic rings. The van der Waals surface area contributed by atoms with Crippen LogP contribution in [0.1, 0.15) is 85.5 Å². The van der Waals surface area contributed by atoms with Crippen molar-refractivity contribution in [2.24, 2.45) is 0 Å². The van der Waals surface area contributed by atoms with Crippen LogP contribution in [0.25, 0.3) is 22.5 Å². The van der Waals surface area contributed by atoms with Gasteiger partial charge in [0.1, 0.15) is 11.6 Å². The molecule has 0 aliphatic carbocycles. The van der Waals surface area contributed by atoms with Gasteiger partial charge in [0, 0.05) is 56.0 Å². The van der Waals surface area contributed by atoms with Gasteiger partial charge in [-0.25, -0.2) is 13.9 Å². The van der Waals surface area contributed by atoms with Crippen LogP contribution < -0.4 is 19.3 Å². The molecule has 2 aromatic heterocycles. The van der Waals surface area contributed by atoms with Gasteiger partial charge in [-0.1, -0.05) is 85.5 Å². The van der Waals surface area contributed by atoms with Crippen molar-refractivity contribution in [1.82, 2.24) is 14.9 Å². The van der Waals surface area contributed by atoms with E-state index in [2.05, 4.69) is 58.1 Å². The molecule has 13 heteroatoms. The number of aromatic nitrogens is 3. The molecular weight excluding hydrogens is 843 g/mol. The summed E-state index contributed by atoms with van der Waals surface area (Å²) in [6.45, 7) is 3.22. The molecule has 0 radical (unpaired) electrons. The molecule has 0 amide bonds. The normalized spacial score (nSPS) is 12.6. The molecule has 4 aromatic carbocycles. The number of hydrogen-bond donors (Lipinski definition) is 4. The average molecular weight is 903 g/mol. The standard InChI is InChI=1S/C52H60FN4O7P/c53-47-27-25-43(26-28-47)51-52(57(50(55-51)22-9-12-35-58)32-15-21-42-18-7-4-8-19-42)44-29-33-56(34-30-44)40-46-24-23-45(38-49(46)64-65(60,61)62)48(59)39-54-31-11-1-2-13-36-63-37-14-10-20-41-16-5-3-6-17-41/h3-8,16-19,23-30,33-34,38,48,54,58-59H,1-2,10-15,20-21,31-32,35-37,39-40H2,(H-,60,61,62). The lowest BCUT2D eigenvalue weighted by Gasteiger charge is -2.20. The molecule has 0 fully saturated rings. The summed E-state index contributed by atoms with van der Waals surface area (Å²) in [4.78, 5) is 26.7. The molecule has 0 saturated heterocycles. The van der Waals surface area contributed by atoms with Crippen molar-refractivity contribution in [2.45, 2.75) is 83.4 Å². The van der Waals surface area contributed by atoms with E-state index in [1.165, 1.54) is 29.3 Å². The Morgan fingerprint density at radius 2 is 1.48 bits per heavy atom. The molecule has 2 unspecified atom stereocenters. The third-order valence-electron chi connectivity index (χ3n) is 11.0. The second-order valence-electron chi connectivity index (χ2n) is 16.0. The van der Waals surface area contributed by atoms with Crippen LogP contribution in [-0.2, 0) is 35.2 Å². The zero-order valence-electron chi connectivity index (χ0n) is 36.9. The van der Waals surface area contributed by atoms with E-state index in [0.717, 1.165) is 88.8 Å². The van der Waals surface area contributed by atoms with E-state index in [9.17, 15) is 29.0 Å². The number of pyridine rings is 1. The summed E-state index contributed by atoms with van der Waals surface area (Å²) in [6.07, 6.45) is 12.0. The molecule has 11 nitrogen and oxygen atoms in total. The van der Waals surface area contributed by atoms with Crippen molar-refractivity contribution in [1.29, 1.82) is 0 Å². The maximum atomic E-state index is 14.1. The fraction of sp³-hybridized carbons (Fsp3) is 0.346. The highest BCUT2D eigenvalue weighted by Crippen LogP contribution is 2.37. The number of nitrogens with one attached hydrogen (secondary N) is 1. The minimum Gasteiger partial charge on any atom is -0.746 e. The number of phosphoric acid groups is 1. The number of ether oxygens (including phenoxy) is 1. The molecule has 6 aromatic rings. The first-order chi connectivity index (χ1) is 31.7. The van der Waals surface area contributed by atoms with Gasteiger partial charge < -0.3 is 39.1 Å². The van der Waals surface area contributed by atoms with Crippen LogP contribution in [0.5, 0.6) is 5.75 Å². The Morgan fingerprint density at radius 3 is 2.15 bits per heavy atom. The highest BCUT2D eigenvalue weighted by Gasteiger charge is 2.22. The summed E-state index contributed by atoms with van der Waals surface area (Å²) in [5, 5.41) is 23.7. The van der Waals surface area contributed by atoms with Crippen molar-refractivity contribution in [2.75, 3.05) is 32.9 Å². The molecule has 65 heavy (non-hydrogen) atoms. The number of phosphoric ester groups is 1. The molecule has 0 aliphatic heterocycles. The van der Waals surface area contributed by atoms with Crippen molar-refractivity contribution in [3.63, 3.8) is 0 Å². The zero-order chi connectivity index (χ0) is 45.7. The van der Waals surface area contributed by atoms with E-state index in [1.807, 2.05) is 53.4 Å². The Hall–Kier alpha value is -5.48. The number of benzene rings is 4. The van der Waals surface area contributed by atoms with Crippen molar-refractivity contribution in [3.05, 3.63) is 162 Å². The predicted octanol–water partition coefficient (Wildman–Crippen LogP) is 8.12. The van der Waals surface area contributed by atoms with E-state index >= 15 is 0 Å². The number of halogens is 1. The largest absolute Gasteiger partial charge is 0.746 e. The van der Waals surface area contributed by atoms with Gasteiger partial charge in [0.15, 0.2) is 24.8 Å². The monoisotopic (exact) mass is 902 g/mol. The number of unbranched alkanes of at least 4 members (excludes halogenated alkanes) is 4. The summed E-state index contributed by atoms with van der Waals surface area (Å²) >= 11 is 0. The van der Waals surface area contributed by atoms with E-state index < -0.39 is 13.9 Å². The topological polar surface area (TPSA) is 153 Å². The zero-order valence-corrected chi connectivity index (χ0v) is 37.8. The van der Waals surface area contributed by atoms with Gasteiger partial charge in [0.05, 0.1) is 29.7 Å². The molecule has 342 valence electrons. The van der Waals surface area contributed by atoms with Gasteiger partial charge in [-0.15, -0.1) is 0 Å². The van der Waals surface area contributed by atoms with E-state index in [0.29, 0.717) is 34.8 Å². The minimum atomic E-state index is -5.18. The fourth-order valence-electron chi connectivity index (χ4n) is 7.63. The Bertz CT molecular complexity index is 2450. The lowest BCUT2D eigenvalue weighted by molar-refractivity contribution is -0.688. The lowest BCUT2D eigenvalue weighted by Crippen LogP contribution is -2.33. The number of imidazole rings is 1. The van der Waals surface area contributed by atoms with E-state index in [4.69, 9.17) is 14.2 Å². The third-order valence-corrected chi connectivity index (χ3v) is 11.4. The second-order valence-corrected chi connectivity index (χ2v) is 17.2. The number of aliphatic hydroxyl groups excluding tert-OH is 2. The van der Waals surface area contributed by atoms with Crippen LogP contribution >= 0.6 is 7.82 Å². The highest BCUT2D eigenvalue weighted by atomic mass is 31.2. The van der Waals surface area contributed by atoms with Crippen LogP contribution in [-0.4, -0.2) is 57.6 Å². The van der Waals surface area contributed by atoms with E-state index in [-0.39, 0.29) is 37.7 Å². The van der Waals surface area contributed by atoms with E-state index in [1.54, 1.807) is 24.3 Å². The summed E-state index contributed by atoms with van der Waals surface area (Å²) in [7, 11) is -5.18. The molecule has 2 atom stereocenters. The van der Waals surface area contributed by atoms with Crippen molar-refractivity contribution in [3.8, 4) is 40.1 Å². The first-order valence-electron chi connectivity index (χ1n) is 22.5. The third kappa shape index (κ3) is 16.2. The van der Waals surface area contributed by atoms with Crippen molar-refractivity contribution >= 4 is 7.82 Å². The van der Waals surface area contributed by atoms with Crippen LogP contribution in [0.2, 0.25) is 0 Å². The summed E-state index contributed by atoms with van der Waals surface area (Å²) in [5.74, 6) is 6.24. The smallest absolute Gasteiger partial charge is 0.317 e. The van der Waals surface area contributed by atoms with Crippen LogP contribution in [0.4, 0.5) is 4.39 Å². The van der Waals surface area contributed by atoms with Crippen LogP contribution in [0, 0.1) is 17.7 Å². The molecular formula is C52H60FN4O7P. The number of aryl methyl sites for hydroxylation is 2. The highest BCUT2D eigenvalue weighted by molar-refractivity contribution is 7.45. The molecule has 0 spiro atoms. The van der Waals surface area contributed by atoms with Gasteiger partial charge in [-0.3, -0.25) is 4.57 Å². The van der Waals surface area contributed by atoms with Gasteiger partial charge in [0.2, 0.25) is 0 Å². The first kappa shape index (κ1) is 49.0. The quantitative estimate of drug-likeness (QED) is 0.0183. The fourth-order valence-corrected chi connectivity index (χ4v) is 8.05. The first-order valence-corrected chi connectivity index (χ1v) is 24.0. The van der Waals surface area contributed by atoms with Gasteiger partial charge >= 0.3 is 7.82 Å². The second kappa shape index (κ2) is 25.9. The average Bonchev–Trinajstić information content (AvgIpc) is 3.66. The molecule has 4 N–H and O–H groups in total. The Kier molecular flexibility index (Phi) is 19.5. The number of aliphatic hydroxyl groups is 2. The number of hydrogen-bond acceptors (Lipinski definition) is 8. The lowest BCUT2D eigenvalue weighted by atomic mass is 10.0. The predicted molar refractivity (Wildman–Crippen MR) is 249 cm³/mol. The summed E-state index contributed by atoms with van der Waals surface area (Å²) in [6, 6.07) is 35.6. The van der Waals surface area contributed by atoms with Crippen LogP contribution in [0.15, 0.2) is 128 Å². The molecule has 0 bridgehead atoms. The molecule has 0 saturated carbocycles. The van der Waals surface area contributed by atoms with Crippen molar-refractivity contribution < 1.29 is 42.8 Å². The Balaban J connectivity index is 1.07. The molecule has 2 heterocycles. The van der Waals surface area contributed by atoms with Gasteiger partial charge in [0.25, 0.3) is 0 Å².